The van der Waals surface area contributed by atoms with Crippen molar-refractivity contribution in [2.24, 2.45) is 0 Å². The Kier molecular flexibility index (Phi) is 7.40. The maximum atomic E-state index is 11.4. The standard InChI is InChI=1S/C19H25NO4S/c1-5-15(3)24-18-11-14(2)20-19(17(18)13-23-25(4)21)22-12-16-9-7-6-8-10-16/h6-11,15H,5,12-13H2,1-4H3. The maximum absolute atomic E-state index is 11.4. The summed E-state index contributed by atoms with van der Waals surface area (Å²) >= 11 is -1.38. The average Bonchev–Trinajstić information content (AvgIpc) is 2.59. The number of pyridine rings is 1. The zero-order valence-electron chi connectivity index (χ0n) is 15.2. The number of nitrogens with zero attached hydrogens (tertiary/aromatic N) is 1. The molecule has 0 saturated carbocycles. The minimum absolute atomic E-state index is 0.0506. The van der Waals surface area contributed by atoms with Gasteiger partial charge in [-0.15, -0.1) is 0 Å². The quantitative estimate of drug-likeness (QED) is 0.675. The summed E-state index contributed by atoms with van der Waals surface area (Å²) in [5.74, 6) is 1.11. The van der Waals surface area contributed by atoms with Gasteiger partial charge in [-0.2, -0.15) is 0 Å². The van der Waals surface area contributed by atoms with Crippen molar-refractivity contribution in [2.45, 2.75) is 46.5 Å². The molecule has 1 aromatic heterocycles. The number of hydrogen-bond acceptors (Lipinski definition) is 5. The topological polar surface area (TPSA) is 57.6 Å². The van der Waals surface area contributed by atoms with E-state index in [-0.39, 0.29) is 12.7 Å². The largest absolute Gasteiger partial charge is 0.490 e. The molecule has 2 aromatic rings. The van der Waals surface area contributed by atoms with Crippen LogP contribution in [0.3, 0.4) is 0 Å². The minimum Gasteiger partial charge on any atom is -0.490 e. The lowest BCUT2D eigenvalue weighted by molar-refractivity contribution is 0.204. The van der Waals surface area contributed by atoms with E-state index in [1.807, 2.05) is 50.2 Å². The summed E-state index contributed by atoms with van der Waals surface area (Å²) in [5, 5.41) is 0. The van der Waals surface area contributed by atoms with E-state index in [0.29, 0.717) is 23.8 Å². The van der Waals surface area contributed by atoms with Gasteiger partial charge in [0.2, 0.25) is 5.88 Å². The van der Waals surface area contributed by atoms with Gasteiger partial charge in [0.05, 0.1) is 18.3 Å². The first kappa shape index (κ1) is 19.4. The van der Waals surface area contributed by atoms with E-state index in [1.165, 1.54) is 6.26 Å². The molecule has 2 unspecified atom stereocenters. The van der Waals surface area contributed by atoms with Gasteiger partial charge < -0.3 is 9.47 Å². The van der Waals surface area contributed by atoms with Crippen LogP contribution in [0.15, 0.2) is 36.4 Å². The summed E-state index contributed by atoms with van der Waals surface area (Å²) < 4.78 is 28.6. The van der Waals surface area contributed by atoms with Crippen molar-refractivity contribution in [3.8, 4) is 11.6 Å². The zero-order chi connectivity index (χ0) is 18.2. The number of benzene rings is 1. The molecule has 0 amide bonds. The van der Waals surface area contributed by atoms with Gasteiger partial charge >= 0.3 is 0 Å². The van der Waals surface area contributed by atoms with Crippen LogP contribution in [0.4, 0.5) is 0 Å². The van der Waals surface area contributed by atoms with Crippen LogP contribution in [0.5, 0.6) is 11.6 Å². The van der Waals surface area contributed by atoms with Crippen LogP contribution >= 0.6 is 0 Å². The number of aromatic nitrogens is 1. The van der Waals surface area contributed by atoms with Crippen LogP contribution in [0.1, 0.15) is 37.1 Å². The van der Waals surface area contributed by atoms with Gasteiger partial charge in [0.25, 0.3) is 0 Å². The molecular weight excluding hydrogens is 338 g/mol. The molecule has 2 atom stereocenters. The van der Waals surface area contributed by atoms with Gasteiger partial charge in [-0.1, -0.05) is 37.3 Å². The summed E-state index contributed by atoms with van der Waals surface area (Å²) in [5.41, 5.74) is 2.51. The molecular formula is C19H25NO4S. The number of ether oxygens (including phenoxy) is 2. The molecule has 0 aliphatic heterocycles. The summed E-state index contributed by atoms with van der Waals surface area (Å²) in [6.07, 6.45) is 2.41. The zero-order valence-corrected chi connectivity index (χ0v) is 16.0. The molecule has 1 heterocycles. The van der Waals surface area contributed by atoms with Gasteiger partial charge in [-0.25, -0.2) is 9.19 Å². The second-order valence-corrected chi connectivity index (χ2v) is 6.86. The van der Waals surface area contributed by atoms with Gasteiger partial charge in [0.1, 0.15) is 12.4 Å². The lowest BCUT2D eigenvalue weighted by Crippen LogP contribution is -2.13. The Labute approximate surface area is 152 Å². The highest BCUT2D eigenvalue weighted by molar-refractivity contribution is 7.79. The third-order valence-electron chi connectivity index (χ3n) is 3.66. The first-order valence-electron chi connectivity index (χ1n) is 8.30. The highest BCUT2D eigenvalue weighted by Gasteiger charge is 2.17. The van der Waals surface area contributed by atoms with Crippen molar-refractivity contribution >= 4 is 11.1 Å². The smallest absolute Gasteiger partial charge is 0.223 e. The molecule has 0 N–H and O–H groups in total. The molecule has 0 spiro atoms. The molecule has 1 aromatic carbocycles. The molecule has 0 saturated heterocycles. The Hall–Kier alpha value is -1.92. The molecule has 25 heavy (non-hydrogen) atoms. The van der Waals surface area contributed by atoms with Crippen molar-refractivity contribution in [2.75, 3.05) is 6.26 Å². The molecule has 6 heteroatoms. The van der Waals surface area contributed by atoms with E-state index in [4.69, 9.17) is 13.7 Å². The van der Waals surface area contributed by atoms with Crippen LogP contribution in [-0.2, 0) is 28.5 Å². The first-order chi connectivity index (χ1) is 12.0. The number of aryl methyl sites for hydroxylation is 1. The van der Waals surface area contributed by atoms with Crippen LogP contribution in [-0.4, -0.2) is 21.6 Å². The fourth-order valence-electron chi connectivity index (χ4n) is 2.17. The third kappa shape index (κ3) is 6.14. The highest BCUT2D eigenvalue weighted by atomic mass is 32.2. The molecule has 0 bridgehead atoms. The van der Waals surface area contributed by atoms with Crippen LogP contribution in [0, 0.1) is 6.92 Å². The lowest BCUT2D eigenvalue weighted by Gasteiger charge is -2.19. The fraction of sp³-hybridized carbons (Fsp3) is 0.421. The molecule has 0 aliphatic rings. The fourth-order valence-corrected chi connectivity index (χ4v) is 2.45. The Bertz CT molecular complexity index is 706. The maximum Gasteiger partial charge on any atom is 0.223 e. The van der Waals surface area contributed by atoms with Crippen LogP contribution in [0.2, 0.25) is 0 Å². The molecule has 5 nitrogen and oxygen atoms in total. The Morgan fingerprint density at radius 2 is 1.92 bits per heavy atom. The van der Waals surface area contributed by atoms with Crippen LogP contribution < -0.4 is 9.47 Å². The predicted octanol–water partition coefficient (Wildman–Crippen LogP) is 3.96. The highest BCUT2D eigenvalue weighted by Crippen LogP contribution is 2.30. The SMILES string of the molecule is CCC(C)Oc1cc(C)nc(OCc2ccccc2)c1COS(C)=O. The third-order valence-corrected chi connectivity index (χ3v) is 4.11. The molecule has 0 fully saturated rings. The van der Waals surface area contributed by atoms with Gasteiger partial charge in [-0.3, -0.25) is 4.18 Å². The number of hydrogen-bond donors (Lipinski definition) is 0. The second-order valence-electron chi connectivity index (χ2n) is 5.82. The summed E-state index contributed by atoms with van der Waals surface area (Å²) in [6, 6.07) is 11.7. The summed E-state index contributed by atoms with van der Waals surface area (Å²) in [6.45, 7) is 6.46. The lowest BCUT2D eigenvalue weighted by atomic mass is 10.2. The molecule has 2 rings (SSSR count). The van der Waals surface area contributed by atoms with E-state index < -0.39 is 11.1 Å². The monoisotopic (exact) mass is 363 g/mol. The van der Waals surface area contributed by atoms with Gasteiger partial charge in [0, 0.05) is 18.0 Å². The predicted molar refractivity (Wildman–Crippen MR) is 99.0 cm³/mol. The summed E-state index contributed by atoms with van der Waals surface area (Å²) in [7, 11) is 0. The molecule has 0 aliphatic carbocycles. The van der Waals surface area contributed by atoms with E-state index in [2.05, 4.69) is 11.9 Å². The van der Waals surface area contributed by atoms with Crippen LogP contribution in [0.25, 0.3) is 0 Å². The second kappa shape index (κ2) is 9.53. The van der Waals surface area contributed by atoms with Crippen molar-refractivity contribution in [1.29, 1.82) is 0 Å². The van der Waals surface area contributed by atoms with E-state index in [9.17, 15) is 4.21 Å². The summed E-state index contributed by atoms with van der Waals surface area (Å²) in [4.78, 5) is 4.48. The van der Waals surface area contributed by atoms with E-state index >= 15 is 0 Å². The first-order valence-corrected chi connectivity index (χ1v) is 9.78. The van der Waals surface area contributed by atoms with Crippen molar-refractivity contribution in [1.82, 2.24) is 4.98 Å². The Morgan fingerprint density at radius 3 is 2.56 bits per heavy atom. The normalized spacial score (nSPS) is 13.3. The average molecular weight is 363 g/mol. The minimum atomic E-state index is -1.38. The number of rotatable bonds is 9. The molecule has 136 valence electrons. The van der Waals surface area contributed by atoms with E-state index in [0.717, 1.165) is 17.7 Å². The molecule has 0 radical (unpaired) electrons. The van der Waals surface area contributed by atoms with E-state index in [1.54, 1.807) is 0 Å². The Balaban J connectivity index is 2.29. The van der Waals surface area contributed by atoms with Gasteiger partial charge in [-0.05, 0) is 25.8 Å². The van der Waals surface area contributed by atoms with Crippen molar-refractivity contribution < 1.29 is 17.9 Å². The van der Waals surface area contributed by atoms with Crippen molar-refractivity contribution in [3.63, 3.8) is 0 Å². The van der Waals surface area contributed by atoms with Crippen molar-refractivity contribution in [3.05, 3.63) is 53.2 Å². The van der Waals surface area contributed by atoms with Gasteiger partial charge in [0.15, 0.2) is 11.1 Å². The Morgan fingerprint density at radius 1 is 1.20 bits per heavy atom.